The van der Waals surface area contributed by atoms with E-state index in [2.05, 4.69) is 0 Å². The second-order valence-corrected chi connectivity index (χ2v) is 4.46. The molecule has 0 bridgehead atoms. The summed E-state index contributed by atoms with van der Waals surface area (Å²) in [6, 6.07) is 9.43. The van der Waals surface area contributed by atoms with Gasteiger partial charge in [0, 0.05) is 0 Å². The fraction of sp³-hybridized carbons (Fsp3) is 0.200. The molecule has 0 aliphatic carbocycles. The van der Waals surface area contributed by atoms with Gasteiger partial charge in [-0.05, 0) is 72.9 Å². The quantitative estimate of drug-likeness (QED) is 0.781. The Morgan fingerprint density at radius 1 is 0.706 bits per heavy atom. The van der Waals surface area contributed by atoms with Crippen LogP contribution in [-0.4, -0.2) is 10.2 Å². The average molecular weight is 228 g/mol. The van der Waals surface area contributed by atoms with E-state index in [0.717, 1.165) is 27.8 Å². The van der Waals surface area contributed by atoms with Crippen LogP contribution in [0.4, 0.5) is 0 Å². The van der Waals surface area contributed by atoms with Gasteiger partial charge in [0.25, 0.3) is 0 Å². The molecular weight excluding hydrogens is 212 g/mol. The first-order chi connectivity index (χ1) is 7.99. The molecule has 0 aromatic heterocycles. The van der Waals surface area contributed by atoms with Crippen molar-refractivity contribution < 1.29 is 10.2 Å². The van der Waals surface area contributed by atoms with Crippen molar-refractivity contribution in [1.82, 2.24) is 0 Å². The second kappa shape index (κ2) is 4.13. The van der Waals surface area contributed by atoms with Gasteiger partial charge >= 0.3 is 0 Å². The molecule has 0 saturated heterocycles. The number of rotatable bonds is 1. The first kappa shape index (κ1) is 11.5. The average Bonchev–Trinajstić information content (AvgIpc) is 2.29. The van der Waals surface area contributed by atoms with E-state index in [0.29, 0.717) is 11.5 Å². The van der Waals surface area contributed by atoms with Gasteiger partial charge in [-0.25, -0.2) is 0 Å². The molecule has 2 N–H and O–H groups in total. The lowest BCUT2D eigenvalue weighted by atomic mass is 9.98. The van der Waals surface area contributed by atoms with Crippen molar-refractivity contribution in [2.75, 3.05) is 0 Å². The molecule has 0 aliphatic rings. The van der Waals surface area contributed by atoms with Gasteiger partial charge in [-0.15, -0.1) is 0 Å². The van der Waals surface area contributed by atoms with Crippen LogP contribution in [0.15, 0.2) is 30.3 Å². The molecule has 0 radical (unpaired) electrons. The zero-order valence-corrected chi connectivity index (χ0v) is 10.3. The highest BCUT2D eigenvalue weighted by Gasteiger charge is 2.06. The lowest BCUT2D eigenvalue weighted by Crippen LogP contribution is -1.86. The van der Waals surface area contributed by atoms with E-state index < -0.39 is 0 Å². The van der Waals surface area contributed by atoms with Crippen LogP contribution in [-0.2, 0) is 0 Å². The van der Waals surface area contributed by atoms with E-state index in [1.807, 2.05) is 45.0 Å². The number of aromatic hydroxyl groups is 2. The predicted octanol–water partition coefficient (Wildman–Crippen LogP) is 3.69. The Kier molecular flexibility index (Phi) is 2.80. The topological polar surface area (TPSA) is 40.5 Å². The van der Waals surface area contributed by atoms with Crippen molar-refractivity contribution in [2.24, 2.45) is 0 Å². The van der Waals surface area contributed by atoms with Gasteiger partial charge in [-0.2, -0.15) is 0 Å². The van der Waals surface area contributed by atoms with E-state index >= 15 is 0 Å². The summed E-state index contributed by atoms with van der Waals surface area (Å²) in [4.78, 5) is 0. The maximum atomic E-state index is 9.74. The van der Waals surface area contributed by atoms with E-state index in [4.69, 9.17) is 0 Å². The molecule has 2 aromatic carbocycles. The van der Waals surface area contributed by atoms with Crippen LogP contribution in [0.3, 0.4) is 0 Å². The third-order valence-corrected chi connectivity index (χ3v) is 3.02. The minimum Gasteiger partial charge on any atom is -0.508 e. The molecule has 2 nitrogen and oxygen atoms in total. The highest BCUT2D eigenvalue weighted by molar-refractivity contribution is 5.68. The molecule has 2 aromatic rings. The minimum absolute atomic E-state index is 0.306. The lowest BCUT2D eigenvalue weighted by Gasteiger charge is -2.09. The highest BCUT2D eigenvalue weighted by atomic mass is 16.3. The summed E-state index contributed by atoms with van der Waals surface area (Å²) in [7, 11) is 0. The summed E-state index contributed by atoms with van der Waals surface area (Å²) >= 11 is 0. The predicted molar refractivity (Wildman–Crippen MR) is 69.4 cm³/mol. The summed E-state index contributed by atoms with van der Waals surface area (Å²) in [5.41, 5.74) is 4.69. The monoisotopic (exact) mass is 228 g/mol. The Balaban J connectivity index is 2.57. The van der Waals surface area contributed by atoms with Gasteiger partial charge in [0.1, 0.15) is 11.5 Å². The van der Waals surface area contributed by atoms with E-state index in [-0.39, 0.29) is 0 Å². The maximum Gasteiger partial charge on any atom is 0.121 e. The number of phenolic OH excluding ortho intramolecular Hbond substituents is 2. The van der Waals surface area contributed by atoms with Crippen molar-refractivity contribution in [1.29, 1.82) is 0 Å². The van der Waals surface area contributed by atoms with Crippen LogP contribution in [0.5, 0.6) is 11.5 Å². The van der Waals surface area contributed by atoms with Gasteiger partial charge in [0.05, 0.1) is 0 Å². The van der Waals surface area contributed by atoms with Gasteiger partial charge in [0.15, 0.2) is 0 Å². The normalized spacial score (nSPS) is 10.5. The van der Waals surface area contributed by atoms with Crippen molar-refractivity contribution in [3.63, 3.8) is 0 Å². The smallest absolute Gasteiger partial charge is 0.121 e. The van der Waals surface area contributed by atoms with Crippen molar-refractivity contribution >= 4 is 0 Å². The maximum absolute atomic E-state index is 9.74. The summed E-state index contributed by atoms with van der Waals surface area (Å²) in [6.45, 7) is 5.65. The molecule has 2 heteroatoms. The standard InChI is InChI=1S/C15H16O2/c1-9-6-12(4-5-14(9)16)13-7-10(2)15(17)11(3)8-13/h4-8,16-17H,1-3H3. The van der Waals surface area contributed by atoms with Gasteiger partial charge in [-0.3, -0.25) is 0 Å². The number of benzene rings is 2. The molecular formula is C15H16O2. The zero-order valence-electron chi connectivity index (χ0n) is 10.3. The summed E-state index contributed by atoms with van der Waals surface area (Å²) in [5, 5.41) is 19.2. The Morgan fingerprint density at radius 3 is 1.76 bits per heavy atom. The molecule has 0 aliphatic heterocycles. The largest absolute Gasteiger partial charge is 0.508 e. The Bertz CT molecular complexity index is 548. The first-order valence-corrected chi connectivity index (χ1v) is 5.59. The molecule has 0 spiro atoms. The minimum atomic E-state index is 0.306. The molecule has 2 rings (SSSR count). The third-order valence-electron chi connectivity index (χ3n) is 3.02. The third kappa shape index (κ3) is 2.11. The Hall–Kier alpha value is -1.96. The first-order valence-electron chi connectivity index (χ1n) is 5.59. The summed E-state index contributed by atoms with van der Waals surface area (Å²) in [6.07, 6.45) is 0. The zero-order chi connectivity index (χ0) is 12.6. The fourth-order valence-electron chi connectivity index (χ4n) is 1.96. The Labute approximate surface area is 101 Å². The van der Waals surface area contributed by atoms with Gasteiger partial charge in [0.2, 0.25) is 0 Å². The van der Waals surface area contributed by atoms with Crippen LogP contribution in [0.25, 0.3) is 11.1 Å². The molecule has 0 amide bonds. The number of hydrogen-bond donors (Lipinski definition) is 2. The van der Waals surface area contributed by atoms with Crippen molar-refractivity contribution in [3.8, 4) is 22.6 Å². The van der Waals surface area contributed by atoms with Crippen LogP contribution >= 0.6 is 0 Å². The number of phenols is 2. The van der Waals surface area contributed by atoms with Crippen molar-refractivity contribution in [3.05, 3.63) is 47.0 Å². The highest BCUT2D eigenvalue weighted by Crippen LogP contribution is 2.31. The van der Waals surface area contributed by atoms with Crippen LogP contribution in [0, 0.1) is 20.8 Å². The molecule has 0 heterocycles. The van der Waals surface area contributed by atoms with E-state index in [1.54, 1.807) is 6.07 Å². The molecule has 0 saturated carbocycles. The molecule has 0 unspecified atom stereocenters. The SMILES string of the molecule is Cc1cc(-c2cc(C)c(O)c(C)c2)ccc1O. The molecule has 0 atom stereocenters. The second-order valence-electron chi connectivity index (χ2n) is 4.46. The lowest BCUT2D eigenvalue weighted by molar-refractivity contribution is 0.467. The van der Waals surface area contributed by atoms with Crippen LogP contribution < -0.4 is 0 Å². The number of aryl methyl sites for hydroxylation is 3. The van der Waals surface area contributed by atoms with Gasteiger partial charge < -0.3 is 10.2 Å². The molecule has 0 fully saturated rings. The van der Waals surface area contributed by atoms with Crippen molar-refractivity contribution in [2.45, 2.75) is 20.8 Å². The molecule has 88 valence electrons. The molecule has 17 heavy (non-hydrogen) atoms. The van der Waals surface area contributed by atoms with Gasteiger partial charge in [-0.1, -0.05) is 6.07 Å². The van der Waals surface area contributed by atoms with E-state index in [1.165, 1.54) is 0 Å². The van der Waals surface area contributed by atoms with Crippen LogP contribution in [0.1, 0.15) is 16.7 Å². The van der Waals surface area contributed by atoms with Crippen LogP contribution in [0.2, 0.25) is 0 Å². The number of hydrogen-bond acceptors (Lipinski definition) is 2. The fourth-order valence-corrected chi connectivity index (χ4v) is 1.96. The summed E-state index contributed by atoms with van der Waals surface area (Å²) in [5.74, 6) is 0.658. The summed E-state index contributed by atoms with van der Waals surface area (Å²) < 4.78 is 0. The Morgan fingerprint density at radius 2 is 1.24 bits per heavy atom. The van der Waals surface area contributed by atoms with E-state index in [9.17, 15) is 10.2 Å².